The first kappa shape index (κ1) is 19.5. The van der Waals surface area contributed by atoms with Crippen molar-refractivity contribution >= 4 is 34.3 Å². The van der Waals surface area contributed by atoms with Crippen molar-refractivity contribution in [1.29, 1.82) is 5.26 Å². The molecular formula is C22H20IN5O. The molecule has 7 heteroatoms. The molecule has 1 aliphatic rings. The number of hydrogen-bond acceptors (Lipinski definition) is 4. The zero-order valence-electron chi connectivity index (χ0n) is 15.8. The van der Waals surface area contributed by atoms with Gasteiger partial charge in [-0.15, -0.1) is 0 Å². The molecule has 3 aromatic rings. The topological polar surface area (TPSA) is 65.2 Å². The number of aromatic nitrogens is 2. The van der Waals surface area contributed by atoms with Gasteiger partial charge in [0, 0.05) is 47.8 Å². The number of hydrogen-bond donors (Lipinski definition) is 0. The summed E-state index contributed by atoms with van der Waals surface area (Å²) in [5.74, 6) is 0.726. The second kappa shape index (κ2) is 8.66. The minimum atomic E-state index is 0.0252. The highest BCUT2D eigenvalue weighted by Gasteiger charge is 2.24. The summed E-state index contributed by atoms with van der Waals surface area (Å²) in [6.45, 7) is 2.70. The van der Waals surface area contributed by atoms with E-state index < -0.39 is 0 Å². The van der Waals surface area contributed by atoms with Gasteiger partial charge in [0.25, 0.3) is 5.91 Å². The maximum atomic E-state index is 13.3. The fraction of sp³-hybridized carbons (Fsp3) is 0.227. The van der Waals surface area contributed by atoms with E-state index in [4.69, 9.17) is 0 Å². The van der Waals surface area contributed by atoms with Crippen molar-refractivity contribution in [2.45, 2.75) is 6.42 Å². The fourth-order valence-electron chi connectivity index (χ4n) is 3.64. The third-order valence-corrected chi connectivity index (χ3v) is 5.72. The van der Waals surface area contributed by atoms with Crippen LogP contribution in [-0.4, -0.2) is 46.5 Å². The van der Waals surface area contributed by atoms with Gasteiger partial charge in [0.1, 0.15) is 17.6 Å². The van der Waals surface area contributed by atoms with Crippen LogP contribution in [0.25, 0.3) is 5.69 Å². The summed E-state index contributed by atoms with van der Waals surface area (Å²) in [7, 11) is 0. The van der Waals surface area contributed by atoms with Gasteiger partial charge in [-0.1, -0.05) is 6.07 Å². The molecule has 29 heavy (non-hydrogen) atoms. The molecule has 1 aliphatic heterocycles. The van der Waals surface area contributed by atoms with Crippen LogP contribution in [0.3, 0.4) is 0 Å². The Morgan fingerprint density at radius 3 is 2.79 bits per heavy atom. The van der Waals surface area contributed by atoms with E-state index >= 15 is 0 Å². The molecule has 2 aromatic heterocycles. The van der Waals surface area contributed by atoms with Crippen LogP contribution < -0.4 is 4.90 Å². The second-order valence-corrected chi connectivity index (χ2v) is 8.11. The van der Waals surface area contributed by atoms with E-state index in [9.17, 15) is 10.1 Å². The Hall–Kier alpha value is -2.86. The Bertz CT molecular complexity index is 1070. The van der Waals surface area contributed by atoms with Crippen molar-refractivity contribution in [3.05, 3.63) is 75.8 Å². The highest BCUT2D eigenvalue weighted by atomic mass is 127. The van der Waals surface area contributed by atoms with Crippen molar-refractivity contribution < 1.29 is 4.79 Å². The van der Waals surface area contributed by atoms with Gasteiger partial charge in [0.05, 0.1) is 5.56 Å². The molecule has 0 saturated carbocycles. The first-order chi connectivity index (χ1) is 14.2. The Labute approximate surface area is 183 Å². The molecule has 0 bridgehead atoms. The molecule has 1 fully saturated rings. The molecular weight excluding hydrogens is 477 g/mol. The zero-order valence-corrected chi connectivity index (χ0v) is 18.0. The Balaban J connectivity index is 1.53. The zero-order chi connectivity index (χ0) is 20.2. The van der Waals surface area contributed by atoms with Gasteiger partial charge in [0.15, 0.2) is 0 Å². The van der Waals surface area contributed by atoms with Crippen molar-refractivity contribution in [1.82, 2.24) is 14.5 Å². The standard InChI is InChI=1S/C22H20IN5O/c23-18-6-1-7-19(15-18)28-12-3-8-20(28)22(29)27-11-4-10-26(13-14-27)21-17(16-24)5-2-9-25-21/h1-3,5-9,12,15H,4,10-11,13-14H2. The molecule has 0 atom stereocenters. The molecule has 3 heterocycles. The molecule has 0 unspecified atom stereocenters. The van der Waals surface area contributed by atoms with Crippen LogP contribution >= 0.6 is 22.6 Å². The van der Waals surface area contributed by atoms with Gasteiger partial charge in [-0.3, -0.25) is 4.79 Å². The van der Waals surface area contributed by atoms with Crippen molar-refractivity contribution in [3.63, 3.8) is 0 Å². The number of pyridine rings is 1. The number of carbonyl (C=O) groups excluding carboxylic acids is 1. The van der Waals surface area contributed by atoms with Crippen LogP contribution in [0.1, 0.15) is 22.5 Å². The van der Waals surface area contributed by atoms with Crippen LogP contribution in [0.5, 0.6) is 0 Å². The number of rotatable bonds is 3. The molecule has 1 aromatic carbocycles. The van der Waals surface area contributed by atoms with E-state index in [-0.39, 0.29) is 5.91 Å². The number of carbonyl (C=O) groups is 1. The van der Waals surface area contributed by atoms with Gasteiger partial charge in [-0.05, 0) is 71.5 Å². The van der Waals surface area contributed by atoms with Crippen molar-refractivity contribution in [3.8, 4) is 11.8 Å². The van der Waals surface area contributed by atoms with Gasteiger partial charge < -0.3 is 14.4 Å². The molecule has 0 aliphatic carbocycles. The number of amides is 1. The molecule has 1 saturated heterocycles. The minimum absolute atomic E-state index is 0.0252. The summed E-state index contributed by atoms with van der Waals surface area (Å²) in [6, 6.07) is 17.6. The first-order valence-electron chi connectivity index (χ1n) is 9.50. The predicted octanol–water partition coefficient (Wildman–Crippen LogP) is 3.70. The van der Waals surface area contributed by atoms with E-state index in [1.807, 2.05) is 46.0 Å². The molecule has 146 valence electrons. The van der Waals surface area contributed by atoms with Crippen molar-refractivity contribution in [2.75, 3.05) is 31.1 Å². The molecule has 0 N–H and O–H groups in total. The Morgan fingerprint density at radius 1 is 1.07 bits per heavy atom. The second-order valence-electron chi connectivity index (χ2n) is 6.86. The Morgan fingerprint density at radius 2 is 1.97 bits per heavy atom. The summed E-state index contributed by atoms with van der Waals surface area (Å²) >= 11 is 2.28. The fourth-order valence-corrected chi connectivity index (χ4v) is 4.16. The van der Waals surface area contributed by atoms with Crippen LogP contribution in [0.15, 0.2) is 60.9 Å². The largest absolute Gasteiger partial charge is 0.354 e. The summed E-state index contributed by atoms with van der Waals surface area (Å²) in [5, 5.41) is 9.36. The number of nitrogens with zero attached hydrogens (tertiary/aromatic N) is 5. The summed E-state index contributed by atoms with van der Waals surface area (Å²) in [5.41, 5.74) is 2.21. The van der Waals surface area contributed by atoms with Crippen LogP contribution in [-0.2, 0) is 0 Å². The smallest absolute Gasteiger partial charge is 0.270 e. The molecule has 6 nitrogen and oxygen atoms in total. The van der Waals surface area contributed by atoms with Gasteiger partial charge >= 0.3 is 0 Å². The van der Waals surface area contributed by atoms with E-state index in [0.717, 1.165) is 22.2 Å². The number of nitriles is 1. The first-order valence-corrected chi connectivity index (χ1v) is 10.6. The number of halogens is 1. The summed E-state index contributed by atoms with van der Waals surface area (Å²) < 4.78 is 3.07. The van der Waals surface area contributed by atoms with E-state index in [1.165, 1.54) is 0 Å². The van der Waals surface area contributed by atoms with Crippen LogP contribution in [0.2, 0.25) is 0 Å². The van der Waals surface area contributed by atoms with Gasteiger partial charge in [0.2, 0.25) is 0 Å². The monoisotopic (exact) mass is 497 g/mol. The molecule has 0 spiro atoms. The minimum Gasteiger partial charge on any atom is -0.354 e. The summed E-state index contributed by atoms with van der Waals surface area (Å²) in [4.78, 5) is 21.7. The van der Waals surface area contributed by atoms with Crippen molar-refractivity contribution in [2.24, 2.45) is 0 Å². The highest BCUT2D eigenvalue weighted by Crippen LogP contribution is 2.21. The van der Waals surface area contributed by atoms with Gasteiger partial charge in [-0.25, -0.2) is 4.98 Å². The maximum absolute atomic E-state index is 13.3. The SMILES string of the molecule is N#Cc1cccnc1N1CCCN(C(=O)c2cccn2-c2cccc(I)c2)CC1. The summed E-state index contributed by atoms with van der Waals surface area (Å²) in [6.07, 6.45) is 4.46. The normalized spacial score (nSPS) is 14.3. The predicted molar refractivity (Wildman–Crippen MR) is 120 cm³/mol. The maximum Gasteiger partial charge on any atom is 0.270 e. The van der Waals surface area contributed by atoms with Crippen LogP contribution in [0, 0.1) is 14.9 Å². The average Bonchev–Trinajstić information content (AvgIpc) is 3.11. The highest BCUT2D eigenvalue weighted by molar-refractivity contribution is 14.1. The number of anilines is 1. The van der Waals surface area contributed by atoms with E-state index in [2.05, 4.69) is 44.6 Å². The van der Waals surface area contributed by atoms with Gasteiger partial charge in [-0.2, -0.15) is 5.26 Å². The third-order valence-electron chi connectivity index (χ3n) is 5.04. The lowest BCUT2D eigenvalue weighted by Gasteiger charge is -2.23. The molecule has 4 rings (SSSR count). The molecule has 0 radical (unpaired) electrons. The average molecular weight is 497 g/mol. The molecule has 1 amide bonds. The lowest BCUT2D eigenvalue weighted by molar-refractivity contribution is 0.0759. The quantitative estimate of drug-likeness (QED) is 0.518. The van der Waals surface area contributed by atoms with E-state index in [1.54, 1.807) is 18.3 Å². The van der Waals surface area contributed by atoms with E-state index in [0.29, 0.717) is 36.7 Å². The Kier molecular flexibility index (Phi) is 5.81. The lowest BCUT2D eigenvalue weighted by Crippen LogP contribution is -2.36. The van der Waals surface area contributed by atoms with Crippen LogP contribution in [0.4, 0.5) is 5.82 Å². The third kappa shape index (κ3) is 4.12. The lowest BCUT2D eigenvalue weighted by atomic mass is 10.2. The number of benzene rings is 1.